The number of nitrogens with one attached hydrogen (secondary N) is 1. The van der Waals surface area contributed by atoms with Gasteiger partial charge in [0.05, 0.1) is 0 Å². The Morgan fingerprint density at radius 2 is 2.00 bits per heavy atom. The minimum Gasteiger partial charge on any atom is -0.478 e. The molecule has 0 radical (unpaired) electrons. The lowest BCUT2D eigenvalue weighted by Crippen LogP contribution is -2.15. The van der Waals surface area contributed by atoms with Crippen molar-refractivity contribution in [3.63, 3.8) is 0 Å². The lowest BCUT2D eigenvalue weighted by molar-refractivity contribution is 0.0685. The van der Waals surface area contributed by atoms with E-state index in [-0.39, 0.29) is 11.6 Å². The lowest BCUT2D eigenvalue weighted by Gasteiger charge is -2.06. The molecule has 1 heterocycles. The second-order valence-electron chi connectivity index (χ2n) is 4.06. The van der Waals surface area contributed by atoms with Crippen molar-refractivity contribution in [2.24, 2.45) is 0 Å². The number of anilines is 1. The van der Waals surface area contributed by atoms with Crippen LogP contribution in [0.15, 0.2) is 30.3 Å². The molecular weight excluding hydrogens is 318 g/mol. The minimum absolute atomic E-state index is 0.0322. The average molecular weight is 328 g/mol. The number of nitrogens with zero attached hydrogens (tertiary/aromatic N) is 1. The number of hydrogen-bond acceptors (Lipinski definition) is 5. The third-order valence-electron chi connectivity index (χ3n) is 2.57. The van der Waals surface area contributed by atoms with Crippen molar-refractivity contribution < 1.29 is 28.2 Å². The largest absolute Gasteiger partial charge is 0.478 e. The smallest absolute Gasteiger partial charge is 0.412 e. The molecular formula is C13H10F2N2O4S. The van der Waals surface area contributed by atoms with E-state index in [1.54, 1.807) is 30.3 Å². The molecule has 0 unspecified atom stereocenters. The number of carboxylic acid groups (broad SMARTS) is 1. The van der Waals surface area contributed by atoms with E-state index in [0.29, 0.717) is 11.5 Å². The summed E-state index contributed by atoms with van der Waals surface area (Å²) >= 11 is 0.460. The van der Waals surface area contributed by atoms with E-state index in [4.69, 9.17) is 9.84 Å². The number of carbonyl (C=O) groups is 2. The number of rotatable bonds is 5. The summed E-state index contributed by atoms with van der Waals surface area (Å²) in [7, 11) is 0. The van der Waals surface area contributed by atoms with Crippen LogP contribution >= 0.6 is 11.5 Å². The lowest BCUT2D eigenvalue weighted by atomic mass is 10.2. The zero-order chi connectivity index (χ0) is 16.1. The Kier molecular flexibility index (Phi) is 4.99. The third kappa shape index (κ3) is 3.76. The van der Waals surface area contributed by atoms with Crippen LogP contribution in [0.2, 0.25) is 0 Å². The van der Waals surface area contributed by atoms with Gasteiger partial charge in [0.15, 0.2) is 0 Å². The van der Waals surface area contributed by atoms with Crippen molar-refractivity contribution in [2.45, 2.75) is 13.0 Å². The Balaban J connectivity index is 2.04. The van der Waals surface area contributed by atoms with Gasteiger partial charge in [-0.3, -0.25) is 5.32 Å². The van der Waals surface area contributed by atoms with Crippen molar-refractivity contribution in [3.8, 4) is 0 Å². The van der Waals surface area contributed by atoms with Crippen LogP contribution in [0, 0.1) is 0 Å². The number of carbonyl (C=O) groups excluding carboxylic acids is 1. The average Bonchev–Trinajstić information content (AvgIpc) is 2.90. The highest BCUT2D eigenvalue weighted by Crippen LogP contribution is 2.31. The number of amides is 1. The minimum atomic E-state index is -3.04. The molecule has 2 N–H and O–H groups in total. The van der Waals surface area contributed by atoms with Crippen LogP contribution in [-0.2, 0) is 11.3 Å². The monoisotopic (exact) mass is 328 g/mol. The van der Waals surface area contributed by atoms with E-state index >= 15 is 0 Å². The van der Waals surface area contributed by atoms with E-state index in [2.05, 4.69) is 9.69 Å². The van der Waals surface area contributed by atoms with Gasteiger partial charge in [0.1, 0.15) is 22.9 Å². The standard InChI is InChI=1S/C13H10F2N2O4S/c14-10(15)9-8(12(18)19)11(22-17-9)16-13(20)21-6-7-4-2-1-3-5-7/h1-5,10H,6H2,(H,16,20)(H,18,19). The Morgan fingerprint density at radius 1 is 1.32 bits per heavy atom. The second-order valence-corrected chi connectivity index (χ2v) is 4.84. The summed E-state index contributed by atoms with van der Waals surface area (Å²) in [6.45, 7) is -0.0322. The molecule has 0 saturated carbocycles. The van der Waals surface area contributed by atoms with Crippen molar-refractivity contribution >= 4 is 28.6 Å². The van der Waals surface area contributed by atoms with Gasteiger partial charge in [-0.25, -0.2) is 18.4 Å². The highest BCUT2D eigenvalue weighted by atomic mass is 32.1. The first-order valence-electron chi connectivity index (χ1n) is 5.97. The highest BCUT2D eigenvalue weighted by molar-refractivity contribution is 7.11. The fourth-order valence-electron chi connectivity index (χ4n) is 1.60. The zero-order valence-corrected chi connectivity index (χ0v) is 11.8. The molecule has 0 aliphatic carbocycles. The topological polar surface area (TPSA) is 88.5 Å². The number of aromatic nitrogens is 1. The Labute approximate surface area is 127 Å². The van der Waals surface area contributed by atoms with Gasteiger partial charge in [0, 0.05) is 0 Å². The fourth-order valence-corrected chi connectivity index (χ4v) is 2.37. The molecule has 0 spiro atoms. The molecule has 0 aliphatic rings. The Morgan fingerprint density at radius 3 is 2.59 bits per heavy atom. The third-order valence-corrected chi connectivity index (χ3v) is 3.34. The summed E-state index contributed by atoms with van der Waals surface area (Å²) < 4.78 is 33.5. The molecule has 1 amide bonds. The molecule has 116 valence electrons. The van der Waals surface area contributed by atoms with Gasteiger partial charge in [-0.05, 0) is 17.1 Å². The molecule has 0 aliphatic heterocycles. The van der Waals surface area contributed by atoms with Gasteiger partial charge < -0.3 is 9.84 Å². The molecule has 0 atom stereocenters. The number of aromatic carboxylic acids is 1. The van der Waals surface area contributed by atoms with Crippen LogP contribution in [-0.4, -0.2) is 21.5 Å². The predicted molar refractivity (Wildman–Crippen MR) is 74.3 cm³/mol. The summed E-state index contributed by atoms with van der Waals surface area (Å²) in [6.07, 6.45) is -3.99. The van der Waals surface area contributed by atoms with Crippen molar-refractivity contribution in [2.75, 3.05) is 5.32 Å². The maximum Gasteiger partial charge on any atom is 0.412 e. The number of alkyl halides is 2. The molecule has 0 bridgehead atoms. The van der Waals surface area contributed by atoms with Crippen LogP contribution in [0.1, 0.15) is 28.0 Å². The van der Waals surface area contributed by atoms with Gasteiger partial charge in [-0.15, -0.1) is 0 Å². The first-order valence-corrected chi connectivity index (χ1v) is 6.75. The summed E-state index contributed by atoms with van der Waals surface area (Å²) in [5, 5.41) is 10.8. The van der Waals surface area contributed by atoms with E-state index in [9.17, 15) is 18.4 Å². The van der Waals surface area contributed by atoms with Gasteiger partial charge in [-0.2, -0.15) is 4.37 Å². The predicted octanol–water partition coefficient (Wildman–Crippen LogP) is 3.53. The van der Waals surface area contributed by atoms with Crippen LogP contribution in [0.25, 0.3) is 0 Å². The van der Waals surface area contributed by atoms with E-state index in [0.717, 1.165) is 5.56 Å². The van der Waals surface area contributed by atoms with Gasteiger partial charge in [0.2, 0.25) is 0 Å². The molecule has 2 rings (SSSR count). The van der Waals surface area contributed by atoms with Gasteiger partial charge >= 0.3 is 12.1 Å². The maximum atomic E-state index is 12.6. The van der Waals surface area contributed by atoms with E-state index < -0.39 is 29.7 Å². The van der Waals surface area contributed by atoms with E-state index in [1.165, 1.54) is 0 Å². The maximum absolute atomic E-state index is 12.6. The first kappa shape index (κ1) is 15.8. The number of benzene rings is 1. The second kappa shape index (κ2) is 6.94. The van der Waals surface area contributed by atoms with Crippen molar-refractivity contribution in [1.82, 2.24) is 4.37 Å². The Hall–Kier alpha value is -2.55. The van der Waals surface area contributed by atoms with E-state index in [1.807, 2.05) is 0 Å². The zero-order valence-electron chi connectivity index (χ0n) is 11.0. The molecule has 6 nitrogen and oxygen atoms in total. The first-order chi connectivity index (χ1) is 10.5. The summed E-state index contributed by atoms with van der Waals surface area (Å²) in [5.74, 6) is -1.59. The summed E-state index contributed by atoms with van der Waals surface area (Å²) in [6, 6.07) is 8.79. The normalized spacial score (nSPS) is 10.5. The highest BCUT2D eigenvalue weighted by Gasteiger charge is 2.27. The van der Waals surface area contributed by atoms with Crippen LogP contribution in [0.4, 0.5) is 18.6 Å². The Bertz CT molecular complexity index is 676. The number of hydrogen-bond donors (Lipinski definition) is 2. The molecule has 22 heavy (non-hydrogen) atoms. The fraction of sp³-hybridized carbons (Fsp3) is 0.154. The molecule has 0 saturated heterocycles. The van der Waals surface area contributed by atoms with Gasteiger partial charge in [0.25, 0.3) is 6.43 Å². The van der Waals surface area contributed by atoms with Crippen molar-refractivity contribution in [3.05, 3.63) is 47.2 Å². The summed E-state index contributed by atoms with van der Waals surface area (Å²) in [5.41, 5.74) is -0.874. The molecule has 9 heteroatoms. The molecule has 1 aromatic carbocycles. The summed E-state index contributed by atoms with van der Waals surface area (Å²) in [4.78, 5) is 22.6. The van der Waals surface area contributed by atoms with Crippen LogP contribution in [0.5, 0.6) is 0 Å². The molecule has 2 aromatic rings. The quantitative estimate of drug-likeness (QED) is 0.876. The molecule has 0 fully saturated rings. The van der Waals surface area contributed by atoms with Gasteiger partial charge in [-0.1, -0.05) is 30.3 Å². The molecule has 1 aromatic heterocycles. The van der Waals surface area contributed by atoms with Crippen LogP contribution < -0.4 is 5.32 Å². The number of ether oxygens (including phenoxy) is 1. The number of carboxylic acids is 1. The van der Waals surface area contributed by atoms with Crippen molar-refractivity contribution in [1.29, 1.82) is 0 Å². The van der Waals surface area contributed by atoms with Crippen LogP contribution in [0.3, 0.4) is 0 Å². The SMILES string of the molecule is O=C(Nc1snc(C(F)F)c1C(=O)O)OCc1ccccc1. The number of halogens is 2.